The van der Waals surface area contributed by atoms with Gasteiger partial charge in [0, 0.05) is 0 Å². The summed E-state index contributed by atoms with van der Waals surface area (Å²) in [5.74, 6) is 0. The molecule has 2 N–H and O–H groups in total. The number of hydrogen-bond acceptors (Lipinski definition) is 1. The van der Waals surface area contributed by atoms with E-state index in [0.717, 1.165) is 0 Å². The van der Waals surface area contributed by atoms with Crippen molar-refractivity contribution in [1.82, 2.24) is 0 Å². The monoisotopic (exact) mass is 124 g/mol. The molecule has 0 bridgehead atoms. The van der Waals surface area contributed by atoms with E-state index in [1.807, 2.05) is 6.92 Å². The van der Waals surface area contributed by atoms with E-state index < -0.39 is 6.16 Å². The van der Waals surface area contributed by atoms with Gasteiger partial charge in [-0.2, -0.15) is 0 Å². The molecule has 4 heteroatoms. The molecule has 0 aromatic rings. The lowest BCUT2D eigenvalue weighted by atomic mass is 10.8. The lowest BCUT2D eigenvalue weighted by Gasteiger charge is -1.60. The Balaban J connectivity index is -0.0000000575. The van der Waals surface area contributed by atoms with Crippen LogP contribution < -0.4 is 0 Å². The Bertz CT molecular complexity index is 58.3. The van der Waals surface area contributed by atoms with E-state index in [9.17, 15) is 0 Å². The maximum absolute atomic E-state index is 8.56. The van der Waals surface area contributed by atoms with Crippen molar-refractivity contribution >= 4 is 6.16 Å². The summed E-state index contributed by atoms with van der Waals surface area (Å²) in [6, 6.07) is 0. The first kappa shape index (κ1) is 15.8. The number of carboxylic acid groups (broad SMARTS) is 2. The van der Waals surface area contributed by atoms with Gasteiger partial charge in [-0.1, -0.05) is 6.08 Å². The third-order valence-corrected chi connectivity index (χ3v) is 0. The molecule has 0 aromatic carbocycles. The van der Waals surface area contributed by atoms with Gasteiger partial charge in [0.1, 0.15) is 0 Å². The van der Waals surface area contributed by atoms with E-state index in [1.165, 1.54) is 0 Å². The third kappa shape index (κ3) is 68.3. The maximum atomic E-state index is 8.56. The molecule has 8 heavy (non-hydrogen) atoms. The van der Waals surface area contributed by atoms with Crippen molar-refractivity contribution in [2.24, 2.45) is 0 Å². The first-order chi connectivity index (χ1) is 3.15. The lowest BCUT2D eigenvalue weighted by Crippen LogP contribution is -1.81. The second-order valence-electron chi connectivity index (χ2n) is 0.691. The van der Waals surface area contributed by atoms with Gasteiger partial charge < -0.3 is 10.2 Å². The SMILES string of the molecule is C=CC.F.O=C(O)O. The first-order valence-corrected chi connectivity index (χ1v) is 1.64. The van der Waals surface area contributed by atoms with Crippen molar-refractivity contribution in [3.05, 3.63) is 12.7 Å². The van der Waals surface area contributed by atoms with Crippen LogP contribution in [0.15, 0.2) is 12.7 Å². The molecule has 0 spiro atoms. The molecule has 50 valence electrons. The first-order valence-electron chi connectivity index (χ1n) is 1.64. The van der Waals surface area contributed by atoms with Crippen molar-refractivity contribution in [2.45, 2.75) is 6.92 Å². The summed E-state index contributed by atoms with van der Waals surface area (Å²) < 4.78 is 0. The molecule has 0 rings (SSSR count). The van der Waals surface area contributed by atoms with Gasteiger partial charge in [0.2, 0.25) is 0 Å². The fourth-order valence-corrected chi connectivity index (χ4v) is 0. The highest BCUT2D eigenvalue weighted by molar-refractivity contribution is 5.53. The van der Waals surface area contributed by atoms with E-state index in [0.29, 0.717) is 0 Å². The van der Waals surface area contributed by atoms with Crippen LogP contribution in [0, 0.1) is 0 Å². The van der Waals surface area contributed by atoms with E-state index in [-0.39, 0.29) is 4.70 Å². The second kappa shape index (κ2) is 16.8. The van der Waals surface area contributed by atoms with Gasteiger partial charge in [-0.25, -0.2) is 4.79 Å². The molecule has 0 aromatic heterocycles. The third-order valence-electron chi connectivity index (χ3n) is 0. The Labute approximate surface area is 46.6 Å². The summed E-state index contributed by atoms with van der Waals surface area (Å²) in [6.07, 6.45) is -0.0833. The zero-order valence-electron chi connectivity index (χ0n) is 4.50. The Hall–Kier alpha value is -1.06. The van der Waals surface area contributed by atoms with Gasteiger partial charge in [0.25, 0.3) is 0 Å². The molecule has 0 heterocycles. The predicted molar refractivity (Wildman–Crippen MR) is 29.0 cm³/mol. The average molecular weight is 124 g/mol. The van der Waals surface area contributed by atoms with Gasteiger partial charge in [0.05, 0.1) is 0 Å². The quantitative estimate of drug-likeness (QED) is 0.482. The van der Waals surface area contributed by atoms with Crippen molar-refractivity contribution in [3.8, 4) is 0 Å². The van der Waals surface area contributed by atoms with Crippen LogP contribution in [0.2, 0.25) is 0 Å². The Morgan fingerprint density at radius 3 is 1.62 bits per heavy atom. The fraction of sp³-hybridized carbons (Fsp3) is 0.250. The molecule has 0 aliphatic carbocycles. The molecular weight excluding hydrogens is 115 g/mol. The highest BCUT2D eigenvalue weighted by Gasteiger charge is 1.70. The molecule has 0 amide bonds. The number of allylic oxidation sites excluding steroid dienone is 1. The van der Waals surface area contributed by atoms with Gasteiger partial charge in [-0.15, -0.1) is 6.58 Å². The van der Waals surface area contributed by atoms with E-state index in [1.54, 1.807) is 6.08 Å². The number of carbonyl (C=O) groups is 1. The Kier molecular flexibility index (Phi) is 33.1. The predicted octanol–water partition coefficient (Wildman–Crippen LogP) is 1.57. The standard InChI is InChI=1S/C3H6.CH2O3.FH/c1-3-2;2-1(3)4;/h3H,1H2,2H3;(H2,2,3,4);1H. The molecule has 0 aliphatic heterocycles. The average Bonchev–Trinajstić information content (AvgIpc) is 1.33. The molecule has 0 unspecified atom stereocenters. The molecule has 0 saturated heterocycles. The van der Waals surface area contributed by atoms with Crippen molar-refractivity contribution in [2.75, 3.05) is 0 Å². The molecule has 0 radical (unpaired) electrons. The normalized spacial score (nSPS) is 4.62. The molecule has 0 atom stereocenters. The van der Waals surface area contributed by atoms with Crippen LogP contribution in [0.3, 0.4) is 0 Å². The second-order valence-corrected chi connectivity index (χ2v) is 0.691. The molecule has 3 nitrogen and oxygen atoms in total. The summed E-state index contributed by atoms with van der Waals surface area (Å²) in [6.45, 7) is 5.25. The number of halogens is 1. The van der Waals surface area contributed by atoms with Crippen LogP contribution in [0.5, 0.6) is 0 Å². The minimum atomic E-state index is -1.83. The lowest BCUT2D eigenvalue weighted by molar-refractivity contribution is 0.137. The van der Waals surface area contributed by atoms with E-state index in [2.05, 4.69) is 6.58 Å². The highest BCUT2D eigenvalue weighted by Crippen LogP contribution is 1.42. The molecule has 0 fully saturated rings. The van der Waals surface area contributed by atoms with Crippen LogP contribution in [0.4, 0.5) is 9.50 Å². The highest BCUT2D eigenvalue weighted by atomic mass is 19.0. The fourth-order valence-electron chi connectivity index (χ4n) is 0. The minimum absolute atomic E-state index is 0. The molecular formula is C4H9FO3. The summed E-state index contributed by atoms with van der Waals surface area (Å²) in [5.41, 5.74) is 0. The summed E-state index contributed by atoms with van der Waals surface area (Å²) in [4.78, 5) is 8.56. The van der Waals surface area contributed by atoms with Crippen LogP contribution in [0.25, 0.3) is 0 Å². The summed E-state index contributed by atoms with van der Waals surface area (Å²) >= 11 is 0. The maximum Gasteiger partial charge on any atom is 0.503 e. The van der Waals surface area contributed by atoms with Crippen LogP contribution in [-0.4, -0.2) is 16.4 Å². The van der Waals surface area contributed by atoms with Gasteiger partial charge >= 0.3 is 6.16 Å². The van der Waals surface area contributed by atoms with Crippen LogP contribution in [0.1, 0.15) is 6.92 Å². The van der Waals surface area contributed by atoms with Crippen molar-refractivity contribution < 1.29 is 19.7 Å². The zero-order chi connectivity index (χ0) is 6.28. The van der Waals surface area contributed by atoms with Crippen molar-refractivity contribution in [1.29, 1.82) is 0 Å². The Morgan fingerprint density at radius 2 is 1.62 bits per heavy atom. The molecule has 0 saturated carbocycles. The van der Waals surface area contributed by atoms with Crippen LogP contribution >= 0.6 is 0 Å². The number of hydrogen-bond donors (Lipinski definition) is 2. The smallest absolute Gasteiger partial charge is 0.450 e. The van der Waals surface area contributed by atoms with Crippen molar-refractivity contribution in [3.63, 3.8) is 0 Å². The minimum Gasteiger partial charge on any atom is -0.450 e. The summed E-state index contributed by atoms with van der Waals surface area (Å²) in [5, 5.41) is 13.9. The van der Waals surface area contributed by atoms with E-state index in [4.69, 9.17) is 15.0 Å². The van der Waals surface area contributed by atoms with E-state index >= 15 is 0 Å². The summed E-state index contributed by atoms with van der Waals surface area (Å²) in [7, 11) is 0. The molecule has 0 aliphatic rings. The van der Waals surface area contributed by atoms with Gasteiger partial charge in [0.15, 0.2) is 0 Å². The van der Waals surface area contributed by atoms with Gasteiger partial charge in [-0.05, 0) is 6.92 Å². The number of rotatable bonds is 0. The zero-order valence-corrected chi connectivity index (χ0v) is 4.50. The van der Waals surface area contributed by atoms with Gasteiger partial charge in [-0.3, -0.25) is 4.70 Å². The topological polar surface area (TPSA) is 57.5 Å². The van der Waals surface area contributed by atoms with Crippen LogP contribution in [-0.2, 0) is 0 Å². The largest absolute Gasteiger partial charge is 0.503 e. The Morgan fingerprint density at radius 1 is 1.62 bits per heavy atom.